The Bertz CT molecular complexity index is 366. The van der Waals surface area contributed by atoms with Gasteiger partial charge in [0.15, 0.2) is 0 Å². The Kier molecular flexibility index (Phi) is 4.75. The maximum Gasteiger partial charge on any atom is 0.0576 e. The number of nitrogens with two attached hydrogens (primary N) is 1. The van der Waals surface area contributed by atoms with Gasteiger partial charge in [-0.05, 0) is 45.1 Å². The van der Waals surface area contributed by atoms with Gasteiger partial charge in [0.1, 0.15) is 0 Å². The molecule has 1 saturated heterocycles. The van der Waals surface area contributed by atoms with E-state index in [0.717, 1.165) is 19.4 Å². The van der Waals surface area contributed by atoms with Crippen LogP contribution in [0, 0.1) is 13.8 Å². The van der Waals surface area contributed by atoms with Crippen molar-refractivity contribution in [3.8, 4) is 0 Å². The van der Waals surface area contributed by atoms with Gasteiger partial charge in [-0.25, -0.2) is 0 Å². The lowest BCUT2D eigenvalue weighted by Gasteiger charge is -2.19. The van der Waals surface area contributed by atoms with Crippen LogP contribution in [0.15, 0.2) is 18.2 Å². The minimum absolute atomic E-state index is 0.229. The van der Waals surface area contributed by atoms with Gasteiger partial charge in [-0.3, -0.25) is 11.3 Å². The molecule has 1 fully saturated rings. The molecule has 3 N–H and O–H groups in total. The Morgan fingerprint density at radius 3 is 2.61 bits per heavy atom. The lowest BCUT2D eigenvalue weighted by Crippen LogP contribution is -2.29. The molecule has 18 heavy (non-hydrogen) atoms. The summed E-state index contributed by atoms with van der Waals surface area (Å²) >= 11 is 0. The summed E-state index contributed by atoms with van der Waals surface area (Å²) in [5.41, 5.74) is 6.81. The fourth-order valence-electron chi connectivity index (χ4n) is 2.78. The topological polar surface area (TPSA) is 47.3 Å². The molecule has 1 aromatic carbocycles. The Morgan fingerprint density at radius 2 is 2.06 bits per heavy atom. The van der Waals surface area contributed by atoms with Crippen molar-refractivity contribution < 1.29 is 4.74 Å². The van der Waals surface area contributed by atoms with E-state index in [1.807, 2.05) is 0 Å². The number of benzene rings is 1. The predicted octanol–water partition coefficient (Wildman–Crippen LogP) is 2.77. The first-order chi connectivity index (χ1) is 8.69. The van der Waals surface area contributed by atoms with Gasteiger partial charge in [0.25, 0.3) is 0 Å². The zero-order chi connectivity index (χ0) is 13.0. The van der Waals surface area contributed by atoms with Crippen LogP contribution < -0.4 is 11.3 Å². The number of aryl methyl sites for hydroxylation is 2. The Balaban J connectivity index is 1.98. The molecule has 0 radical (unpaired) electrons. The van der Waals surface area contributed by atoms with E-state index in [1.54, 1.807) is 0 Å². The van der Waals surface area contributed by atoms with E-state index >= 15 is 0 Å². The Hall–Kier alpha value is -0.900. The van der Waals surface area contributed by atoms with Crippen LogP contribution in [0.5, 0.6) is 0 Å². The largest absolute Gasteiger partial charge is 0.378 e. The van der Waals surface area contributed by atoms with Crippen molar-refractivity contribution in [2.75, 3.05) is 6.61 Å². The highest BCUT2D eigenvalue weighted by Crippen LogP contribution is 2.24. The molecule has 2 atom stereocenters. The molecule has 1 aliphatic heterocycles. The van der Waals surface area contributed by atoms with Gasteiger partial charge in [0.2, 0.25) is 0 Å². The van der Waals surface area contributed by atoms with Crippen molar-refractivity contribution in [1.82, 2.24) is 5.43 Å². The molecule has 1 aromatic rings. The number of rotatable bonds is 5. The van der Waals surface area contributed by atoms with Gasteiger partial charge in [-0.2, -0.15) is 0 Å². The number of ether oxygens (including phenoxy) is 1. The third-order valence-corrected chi connectivity index (χ3v) is 3.65. The smallest absolute Gasteiger partial charge is 0.0576 e. The second-order valence-corrected chi connectivity index (χ2v) is 5.35. The van der Waals surface area contributed by atoms with Gasteiger partial charge in [-0.1, -0.05) is 29.3 Å². The van der Waals surface area contributed by atoms with Gasteiger partial charge in [-0.15, -0.1) is 0 Å². The highest BCUT2D eigenvalue weighted by molar-refractivity contribution is 5.30. The number of nitrogens with one attached hydrogen (secondary N) is 1. The second kappa shape index (κ2) is 6.32. The van der Waals surface area contributed by atoms with Crippen molar-refractivity contribution in [3.05, 3.63) is 34.9 Å². The van der Waals surface area contributed by atoms with Crippen LogP contribution in [0.25, 0.3) is 0 Å². The van der Waals surface area contributed by atoms with E-state index in [2.05, 4.69) is 37.5 Å². The fraction of sp³-hybridized carbons (Fsp3) is 0.600. The SMILES string of the molecule is Cc1cc(C)cc(C(CCC2CCCO2)NN)c1. The standard InChI is InChI=1S/C15H24N2O/c1-11-8-12(2)10-13(9-11)15(17-16)6-5-14-4-3-7-18-14/h8-10,14-15,17H,3-7,16H2,1-2H3. The van der Waals surface area contributed by atoms with E-state index in [4.69, 9.17) is 10.6 Å². The van der Waals surface area contributed by atoms with E-state index in [-0.39, 0.29) is 6.04 Å². The minimum Gasteiger partial charge on any atom is -0.378 e. The molecule has 2 unspecified atom stereocenters. The van der Waals surface area contributed by atoms with E-state index in [0.29, 0.717) is 6.10 Å². The van der Waals surface area contributed by atoms with Gasteiger partial charge < -0.3 is 4.74 Å². The molecular formula is C15H24N2O. The van der Waals surface area contributed by atoms with E-state index in [1.165, 1.54) is 29.5 Å². The van der Waals surface area contributed by atoms with E-state index in [9.17, 15) is 0 Å². The molecule has 1 aliphatic rings. The van der Waals surface area contributed by atoms with Crippen LogP contribution in [-0.2, 0) is 4.74 Å². The third kappa shape index (κ3) is 3.55. The highest BCUT2D eigenvalue weighted by atomic mass is 16.5. The van der Waals surface area contributed by atoms with Crippen LogP contribution in [-0.4, -0.2) is 12.7 Å². The molecule has 0 saturated carbocycles. The second-order valence-electron chi connectivity index (χ2n) is 5.35. The lowest BCUT2D eigenvalue weighted by molar-refractivity contribution is 0.0996. The molecule has 0 amide bonds. The maximum absolute atomic E-state index is 5.70. The summed E-state index contributed by atoms with van der Waals surface area (Å²) in [6.45, 7) is 5.18. The average Bonchev–Trinajstić information content (AvgIpc) is 2.81. The molecule has 3 nitrogen and oxygen atoms in total. The predicted molar refractivity (Wildman–Crippen MR) is 74.2 cm³/mol. The van der Waals surface area contributed by atoms with E-state index < -0.39 is 0 Å². The fourth-order valence-corrected chi connectivity index (χ4v) is 2.78. The van der Waals surface area contributed by atoms with Crippen molar-refractivity contribution in [2.24, 2.45) is 5.84 Å². The summed E-state index contributed by atoms with van der Waals surface area (Å²) in [7, 11) is 0. The number of hydrazine groups is 1. The van der Waals surface area contributed by atoms with Gasteiger partial charge in [0, 0.05) is 12.6 Å². The average molecular weight is 248 g/mol. The van der Waals surface area contributed by atoms with Crippen molar-refractivity contribution in [1.29, 1.82) is 0 Å². The lowest BCUT2D eigenvalue weighted by atomic mass is 9.97. The molecule has 1 heterocycles. The van der Waals surface area contributed by atoms with Crippen LogP contribution in [0.3, 0.4) is 0 Å². The van der Waals surface area contributed by atoms with Crippen molar-refractivity contribution in [3.63, 3.8) is 0 Å². The number of hydrogen-bond acceptors (Lipinski definition) is 3. The first kappa shape index (κ1) is 13.5. The normalized spacial score (nSPS) is 21.2. The molecule has 100 valence electrons. The molecule has 2 rings (SSSR count). The van der Waals surface area contributed by atoms with Crippen LogP contribution >= 0.6 is 0 Å². The van der Waals surface area contributed by atoms with Crippen LogP contribution in [0.4, 0.5) is 0 Å². The van der Waals surface area contributed by atoms with Crippen LogP contribution in [0.2, 0.25) is 0 Å². The maximum atomic E-state index is 5.70. The van der Waals surface area contributed by atoms with Crippen LogP contribution in [0.1, 0.15) is 48.4 Å². The summed E-state index contributed by atoms with van der Waals surface area (Å²) in [5, 5.41) is 0. The summed E-state index contributed by atoms with van der Waals surface area (Å²) < 4.78 is 5.66. The van der Waals surface area contributed by atoms with Gasteiger partial charge >= 0.3 is 0 Å². The molecule has 0 aliphatic carbocycles. The zero-order valence-electron chi connectivity index (χ0n) is 11.4. The van der Waals surface area contributed by atoms with Crippen molar-refractivity contribution in [2.45, 2.75) is 51.7 Å². The highest BCUT2D eigenvalue weighted by Gasteiger charge is 2.18. The van der Waals surface area contributed by atoms with Gasteiger partial charge in [0.05, 0.1) is 6.10 Å². The Labute approximate surface area is 110 Å². The van der Waals surface area contributed by atoms with Crippen molar-refractivity contribution >= 4 is 0 Å². The third-order valence-electron chi connectivity index (χ3n) is 3.65. The first-order valence-electron chi connectivity index (χ1n) is 6.85. The monoisotopic (exact) mass is 248 g/mol. The summed E-state index contributed by atoms with van der Waals surface area (Å²) in [6, 6.07) is 6.85. The summed E-state index contributed by atoms with van der Waals surface area (Å²) in [5.74, 6) is 5.70. The molecule has 0 bridgehead atoms. The quantitative estimate of drug-likeness (QED) is 0.622. The molecule has 0 spiro atoms. The Morgan fingerprint density at radius 1 is 1.33 bits per heavy atom. The minimum atomic E-state index is 0.229. The first-order valence-corrected chi connectivity index (χ1v) is 6.85. The molecular weight excluding hydrogens is 224 g/mol. The molecule has 0 aromatic heterocycles. The number of hydrogen-bond donors (Lipinski definition) is 2. The summed E-state index contributed by atoms with van der Waals surface area (Å²) in [6.07, 6.45) is 4.96. The molecule has 3 heteroatoms. The summed E-state index contributed by atoms with van der Waals surface area (Å²) in [4.78, 5) is 0. The zero-order valence-corrected chi connectivity index (χ0v) is 11.4.